The van der Waals surface area contributed by atoms with Crippen molar-refractivity contribution in [2.24, 2.45) is 0 Å². The lowest BCUT2D eigenvalue weighted by atomic mass is 10.1. The minimum absolute atomic E-state index is 0.0854. The van der Waals surface area contributed by atoms with Crippen LogP contribution >= 0.6 is 11.3 Å². The maximum atomic E-state index is 12.2. The summed E-state index contributed by atoms with van der Waals surface area (Å²) in [4.78, 5) is 5.43. The molecule has 0 radical (unpaired) electrons. The average Bonchev–Trinajstić information content (AvgIpc) is 3.22. The Hall–Kier alpha value is -2.98. The summed E-state index contributed by atoms with van der Waals surface area (Å²) in [5.74, 6) is 0.654. The first-order valence-corrected chi connectivity index (χ1v) is 8.07. The molecule has 2 aromatic heterocycles. The van der Waals surface area contributed by atoms with E-state index in [-0.39, 0.29) is 5.75 Å². The Kier molecular flexibility index (Phi) is 4.91. The smallest absolute Gasteiger partial charge is 0.387 e. The molecule has 0 aliphatic rings. The minimum Gasteiger partial charge on any atom is -0.465 e. The van der Waals surface area contributed by atoms with Gasteiger partial charge in [0.2, 0.25) is 0 Å². The highest BCUT2D eigenvalue weighted by Crippen LogP contribution is 2.32. The molecule has 3 rings (SSSR count). The van der Waals surface area contributed by atoms with Crippen molar-refractivity contribution in [3.05, 3.63) is 58.3 Å². The lowest BCUT2D eigenvalue weighted by molar-refractivity contribution is -0.0498. The zero-order valence-corrected chi connectivity index (χ0v) is 13.9. The Morgan fingerprint density at radius 2 is 2.08 bits per heavy atom. The van der Waals surface area contributed by atoms with Crippen molar-refractivity contribution in [2.75, 3.05) is 0 Å². The van der Waals surface area contributed by atoms with Gasteiger partial charge in [0.15, 0.2) is 0 Å². The lowest BCUT2D eigenvalue weighted by Crippen LogP contribution is -2.01. The molecule has 126 valence electrons. The van der Waals surface area contributed by atoms with E-state index in [2.05, 4.69) is 15.8 Å². The number of rotatable bonds is 5. The summed E-state index contributed by atoms with van der Waals surface area (Å²) < 4.78 is 34.0. The molecule has 0 atom stereocenters. The van der Waals surface area contributed by atoms with E-state index in [0.29, 0.717) is 22.0 Å². The highest BCUT2D eigenvalue weighted by molar-refractivity contribution is 7.13. The van der Waals surface area contributed by atoms with Crippen LogP contribution < -0.4 is 4.74 Å². The number of halogens is 2. The van der Waals surface area contributed by atoms with Gasteiger partial charge < -0.3 is 9.15 Å². The molecular weight excluding hydrogens is 346 g/mol. The minimum atomic E-state index is -2.86. The molecule has 7 heteroatoms. The molecule has 0 aliphatic heterocycles. The van der Waals surface area contributed by atoms with Crippen LogP contribution in [0.25, 0.3) is 22.9 Å². The van der Waals surface area contributed by atoms with Gasteiger partial charge in [-0.15, -0.1) is 11.3 Å². The fourth-order valence-electron chi connectivity index (χ4n) is 2.23. The lowest BCUT2D eigenvalue weighted by Gasteiger charge is -2.05. The van der Waals surface area contributed by atoms with Crippen molar-refractivity contribution in [2.45, 2.75) is 13.5 Å². The molecule has 0 unspecified atom stereocenters. The number of furan rings is 1. The summed E-state index contributed by atoms with van der Waals surface area (Å²) in [6, 6.07) is 11.9. The van der Waals surface area contributed by atoms with Crippen LogP contribution in [-0.2, 0) is 0 Å². The van der Waals surface area contributed by atoms with E-state index in [1.54, 1.807) is 30.3 Å². The fourth-order valence-corrected chi connectivity index (χ4v) is 3.13. The van der Waals surface area contributed by atoms with Crippen molar-refractivity contribution in [1.82, 2.24) is 4.98 Å². The number of aryl methyl sites for hydroxylation is 1. The Bertz CT molecular complexity index is 923. The van der Waals surface area contributed by atoms with E-state index in [0.717, 1.165) is 10.4 Å². The number of alkyl halides is 2. The first-order chi connectivity index (χ1) is 12.1. The zero-order valence-electron chi connectivity index (χ0n) is 13.1. The summed E-state index contributed by atoms with van der Waals surface area (Å²) in [7, 11) is 0. The molecule has 0 fully saturated rings. The van der Waals surface area contributed by atoms with Crippen molar-refractivity contribution in [3.63, 3.8) is 0 Å². The topological polar surface area (TPSA) is 59.0 Å². The molecule has 25 heavy (non-hydrogen) atoms. The van der Waals surface area contributed by atoms with Gasteiger partial charge >= 0.3 is 6.61 Å². The Morgan fingerprint density at radius 3 is 2.68 bits per heavy atom. The number of hydrogen-bond acceptors (Lipinski definition) is 5. The summed E-state index contributed by atoms with van der Waals surface area (Å²) in [5, 5.41) is 9.96. The van der Waals surface area contributed by atoms with Crippen LogP contribution in [0.15, 0.2) is 47.1 Å². The quantitative estimate of drug-likeness (QED) is 0.575. The predicted molar refractivity (Wildman–Crippen MR) is 91.1 cm³/mol. The van der Waals surface area contributed by atoms with Gasteiger partial charge in [-0.25, -0.2) is 4.98 Å². The van der Waals surface area contributed by atoms with E-state index in [1.807, 2.05) is 6.92 Å². The van der Waals surface area contributed by atoms with Crippen LogP contribution in [0.1, 0.15) is 15.6 Å². The number of benzene rings is 1. The van der Waals surface area contributed by atoms with Crippen LogP contribution in [0.3, 0.4) is 0 Å². The molecule has 0 spiro atoms. The largest absolute Gasteiger partial charge is 0.465 e. The number of nitrogens with zero attached hydrogens (tertiary/aromatic N) is 2. The Morgan fingerprint density at radius 1 is 1.32 bits per heavy atom. The first kappa shape index (κ1) is 16.9. The predicted octanol–water partition coefficient (Wildman–Crippen LogP) is 5.38. The van der Waals surface area contributed by atoms with E-state index < -0.39 is 6.61 Å². The van der Waals surface area contributed by atoms with E-state index in [4.69, 9.17) is 4.42 Å². The van der Waals surface area contributed by atoms with Crippen molar-refractivity contribution in [3.8, 4) is 23.1 Å². The highest BCUT2D eigenvalue weighted by Gasteiger charge is 2.14. The molecule has 0 N–H and O–H groups in total. The van der Waals surface area contributed by atoms with Gasteiger partial charge in [-0.1, -0.05) is 0 Å². The zero-order chi connectivity index (χ0) is 17.8. The van der Waals surface area contributed by atoms with E-state index in [9.17, 15) is 14.0 Å². The maximum absolute atomic E-state index is 12.2. The molecule has 1 aromatic carbocycles. The second-order valence-electron chi connectivity index (χ2n) is 5.01. The molecule has 0 aliphatic carbocycles. The first-order valence-electron chi connectivity index (χ1n) is 7.25. The van der Waals surface area contributed by atoms with Crippen LogP contribution in [0.2, 0.25) is 0 Å². The van der Waals surface area contributed by atoms with Gasteiger partial charge in [-0.3, -0.25) is 0 Å². The van der Waals surface area contributed by atoms with Crippen molar-refractivity contribution in [1.29, 1.82) is 5.26 Å². The number of aromatic nitrogens is 1. The molecule has 0 saturated heterocycles. The molecule has 3 aromatic rings. The van der Waals surface area contributed by atoms with E-state index >= 15 is 0 Å². The summed E-state index contributed by atoms with van der Waals surface area (Å²) in [5.41, 5.74) is 1.85. The van der Waals surface area contributed by atoms with Gasteiger partial charge in [0.25, 0.3) is 0 Å². The Labute approximate surface area is 146 Å². The average molecular weight is 358 g/mol. The summed E-state index contributed by atoms with van der Waals surface area (Å²) in [6.45, 7) is -0.967. The van der Waals surface area contributed by atoms with Gasteiger partial charge in [-0.2, -0.15) is 14.0 Å². The maximum Gasteiger partial charge on any atom is 0.387 e. The van der Waals surface area contributed by atoms with Gasteiger partial charge in [0.05, 0.1) is 17.5 Å². The third-order valence-corrected chi connectivity index (χ3v) is 4.33. The van der Waals surface area contributed by atoms with Crippen LogP contribution in [0, 0.1) is 18.3 Å². The molecule has 0 bridgehead atoms. The third-order valence-electron chi connectivity index (χ3n) is 3.33. The number of allylic oxidation sites excluding steroid dienone is 1. The standard InChI is InChI=1S/C18H12F2N2O2S/c1-11-16(12-4-6-14(7-5-12)24-18(19)20)22-17(25-11)13(10-21)9-15-3-2-8-23-15/h2-9,18H,1H3/b13-9+. The van der Waals surface area contributed by atoms with Gasteiger partial charge in [-0.05, 0) is 43.3 Å². The number of ether oxygens (including phenoxy) is 1. The molecule has 2 heterocycles. The second kappa shape index (κ2) is 7.28. The monoisotopic (exact) mass is 358 g/mol. The van der Waals surface area contributed by atoms with Crippen molar-refractivity contribution < 1.29 is 17.9 Å². The molecule has 0 saturated carbocycles. The number of nitriles is 1. The Balaban J connectivity index is 1.91. The third kappa shape index (κ3) is 3.92. The highest BCUT2D eigenvalue weighted by atomic mass is 32.1. The van der Waals surface area contributed by atoms with Crippen LogP contribution in [-0.4, -0.2) is 11.6 Å². The fraction of sp³-hybridized carbons (Fsp3) is 0.111. The molecule has 0 amide bonds. The van der Waals surface area contributed by atoms with Crippen LogP contribution in [0.5, 0.6) is 5.75 Å². The van der Waals surface area contributed by atoms with Gasteiger partial charge in [0, 0.05) is 16.5 Å². The van der Waals surface area contributed by atoms with Crippen molar-refractivity contribution >= 4 is 23.0 Å². The van der Waals surface area contributed by atoms with Gasteiger partial charge in [0.1, 0.15) is 22.6 Å². The molecular formula is C18H12F2N2O2S. The molecule has 4 nitrogen and oxygen atoms in total. The SMILES string of the molecule is Cc1sc(/C(C#N)=C/c2ccco2)nc1-c1ccc(OC(F)F)cc1. The van der Waals surface area contributed by atoms with E-state index in [1.165, 1.54) is 29.7 Å². The second-order valence-corrected chi connectivity index (χ2v) is 6.22. The summed E-state index contributed by atoms with van der Waals surface area (Å²) >= 11 is 1.38. The number of hydrogen-bond donors (Lipinski definition) is 0. The number of thiazole rings is 1. The normalized spacial score (nSPS) is 11.6. The summed E-state index contributed by atoms with van der Waals surface area (Å²) in [6.07, 6.45) is 3.16. The van der Waals surface area contributed by atoms with Crippen LogP contribution in [0.4, 0.5) is 8.78 Å².